The molecule has 0 bridgehead atoms. The second-order valence-corrected chi connectivity index (χ2v) is 10.5. The van der Waals surface area contributed by atoms with E-state index in [4.69, 9.17) is 4.98 Å². The standard InChI is InChI=1S/C28H29F3N8O/c1-15(18-4-7-24(33-13-18)28(29,30)31)35-27(40)23-11-16-2-3-17(12-22(16)37-23)26-32-9-8-25(38-26)36-20-5-6-21-19(10-20)14-34-39-21/h2-4,7-9,11-13,15,19-21,34,37,39H,5-6,10,14H2,1H3,(H,35,40)(H,32,36,38)/t15-,19?,20?,21?/m1/s1. The fourth-order valence-electron chi connectivity index (χ4n) is 5.49. The van der Waals surface area contributed by atoms with Gasteiger partial charge in [0, 0.05) is 47.5 Å². The Bertz CT molecular complexity index is 1520. The number of aromatic amines is 1. The molecular formula is C28H29F3N8O. The van der Waals surface area contributed by atoms with Crippen LogP contribution >= 0.6 is 0 Å². The van der Waals surface area contributed by atoms with Crippen LogP contribution in [0.2, 0.25) is 0 Å². The fraction of sp³-hybridized carbons (Fsp3) is 0.357. The predicted molar refractivity (Wildman–Crippen MR) is 144 cm³/mol. The first-order valence-corrected chi connectivity index (χ1v) is 13.3. The smallest absolute Gasteiger partial charge is 0.367 e. The van der Waals surface area contributed by atoms with Crippen LogP contribution in [0.15, 0.2) is 54.9 Å². The number of anilines is 1. The summed E-state index contributed by atoms with van der Waals surface area (Å²) >= 11 is 0. The van der Waals surface area contributed by atoms with Gasteiger partial charge in [0.15, 0.2) is 5.82 Å². The molecule has 6 rings (SSSR count). The molecule has 1 aliphatic heterocycles. The Kier molecular flexibility index (Phi) is 6.88. The summed E-state index contributed by atoms with van der Waals surface area (Å²) in [5.74, 6) is 1.60. The van der Waals surface area contributed by atoms with Crippen LogP contribution in [0.3, 0.4) is 0 Å². The highest BCUT2D eigenvalue weighted by Gasteiger charge is 2.34. The number of alkyl halides is 3. The molecule has 4 aromatic rings. The van der Waals surface area contributed by atoms with E-state index in [1.165, 1.54) is 6.07 Å². The van der Waals surface area contributed by atoms with Gasteiger partial charge in [-0.2, -0.15) is 13.2 Å². The molecule has 40 heavy (non-hydrogen) atoms. The maximum Gasteiger partial charge on any atom is 0.433 e. The average Bonchev–Trinajstić information content (AvgIpc) is 3.59. The molecule has 5 N–H and O–H groups in total. The Balaban J connectivity index is 1.13. The lowest BCUT2D eigenvalue weighted by Gasteiger charge is -2.31. The molecule has 3 aromatic heterocycles. The summed E-state index contributed by atoms with van der Waals surface area (Å²) in [6.45, 7) is 2.67. The number of nitrogens with one attached hydrogen (secondary N) is 5. The minimum atomic E-state index is -4.51. The fourth-order valence-corrected chi connectivity index (χ4v) is 5.49. The van der Waals surface area contributed by atoms with Gasteiger partial charge in [-0.05, 0) is 61.9 Å². The van der Waals surface area contributed by atoms with Crippen molar-refractivity contribution in [1.82, 2.24) is 36.1 Å². The van der Waals surface area contributed by atoms with Crippen molar-refractivity contribution in [2.45, 2.75) is 50.5 Å². The number of hydrogen-bond acceptors (Lipinski definition) is 7. The molecule has 2 fully saturated rings. The van der Waals surface area contributed by atoms with Crippen LogP contribution < -0.4 is 21.5 Å². The lowest BCUT2D eigenvalue weighted by atomic mass is 9.83. The van der Waals surface area contributed by atoms with Crippen molar-refractivity contribution in [3.05, 3.63) is 71.8 Å². The Labute approximate surface area is 228 Å². The minimum Gasteiger partial charge on any atom is -0.367 e. The van der Waals surface area contributed by atoms with E-state index in [0.717, 1.165) is 60.4 Å². The Morgan fingerprint density at radius 1 is 1.10 bits per heavy atom. The van der Waals surface area contributed by atoms with Gasteiger partial charge in [0.25, 0.3) is 5.91 Å². The number of benzene rings is 1. The summed E-state index contributed by atoms with van der Waals surface area (Å²) in [5, 5.41) is 7.22. The van der Waals surface area contributed by atoms with Gasteiger partial charge in [0.2, 0.25) is 0 Å². The van der Waals surface area contributed by atoms with Gasteiger partial charge in [-0.25, -0.2) is 9.97 Å². The molecule has 1 aromatic carbocycles. The third-order valence-electron chi connectivity index (χ3n) is 7.69. The maximum absolute atomic E-state index is 12.9. The van der Waals surface area contributed by atoms with Crippen molar-refractivity contribution in [3.8, 4) is 11.4 Å². The summed E-state index contributed by atoms with van der Waals surface area (Å²) in [5.41, 5.74) is 7.99. The van der Waals surface area contributed by atoms with Gasteiger partial charge >= 0.3 is 6.18 Å². The van der Waals surface area contributed by atoms with Gasteiger partial charge in [-0.15, -0.1) is 0 Å². The largest absolute Gasteiger partial charge is 0.433 e. The first-order valence-electron chi connectivity index (χ1n) is 13.3. The number of rotatable bonds is 6. The first-order chi connectivity index (χ1) is 19.2. The van der Waals surface area contributed by atoms with E-state index in [1.54, 1.807) is 19.2 Å². The summed E-state index contributed by atoms with van der Waals surface area (Å²) in [6, 6.07) is 11.9. The van der Waals surface area contributed by atoms with Crippen LogP contribution in [-0.4, -0.2) is 44.5 Å². The van der Waals surface area contributed by atoms with Crippen molar-refractivity contribution >= 4 is 22.6 Å². The van der Waals surface area contributed by atoms with E-state index in [1.807, 2.05) is 24.3 Å². The van der Waals surface area contributed by atoms with Gasteiger partial charge in [0.05, 0.1) is 6.04 Å². The molecule has 1 saturated heterocycles. The van der Waals surface area contributed by atoms with Crippen LogP contribution in [0.25, 0.3) is 22.3 Å². The van der Waals surface area contributed by atoms with Crippen LogP contribution in [0.5, 0.6) is 0 Å². The average molecular weight is 551 g/mol. The molecule has 12 heteroatoms. The van der Waals surface area contributed by atoms with Gasteiger partial charge in [-0.1, -0.05) is 18.2 Å². The number of H-pyrrole nitrogens is 1. The van der Waals surface area contributed by atoms with Crippen molar-refractivity contribution < 1.29 is 18.0 Å². The lowest BCUT2D eigenvalue weighted by Crippen LogP contribution is -2.39. The van der Waals surface area contributed by atoms with Crippen LogP contribution in [0, 0.1) is 5.92 Å². The van der Waals surface area contributed by atoms with E-state index in [-0.39, 0.29) is 5.91 Å². The predicted octanol–water partition coefficient (Wildman–Crippen LogP) is 4.59. The van der Waals surface area contributed by atoms with Crippen LogP contribution in [0.4, 0.5) is 19.0 Å². The molecule has 208 valence electrons. The third kappa shape index (κ3) is 5.50. The summed E-state index contributed by atoms with van der Waals surface area (Å²) in [6.07, 6.45) is 1.63. The third-order valence-corrected chi connectivity index (χ3v) is 7.69. The molecule has 0 radical (unpaired) electrons. The summed E-state index contributed by atoms with van der Waals surface area (Å²) < 4.78 is 38.4. The van der Waals surface area contributed by atoms with E-state index < -0.39 is 17.9 Å². The molecule has 4 atom stereocenters. The number of pyridine rings is 1. The Morgan fingerprint density at radius 3 is 2.77 bits per heavy atom. The second-order valence-electron chi connectivity index (χ2n) is 10.5. The van der Waals surface area contributed by atoms with Crippen LogP contribution in [-0.2, 0) is 6.18 Å². The van der Waals surface area contributed by atoms with E-state index in [2.05, 4.69) is 36.4 Å². The van der Waals surface area contributed by atoms with Crippen molar-refractivity contribution in [1.29, 1.82) is 0 Å². The number of carbonyl (C=O) groups is 1. The molecule has 1 amide bonds. The molecule has 9 nitrogen and oxygen atoms in total. The van der Waals surface area contributed by atoms with Crippen molar-refractivity contribution in [2.24, 2.45) is 5.92 Å². The zero-order chi connectivity index (χ0) is 27.9. The van der Waals surface area contributed by atoms with Gasteiger partial charge in [0.1, 0.15) is 17.2 Å². The zero-order valence-corrected chi connectivity index (χ0v) is 21.7. The first kappa shape index (κ1) is 26.2. The van der Waals surface area contributed by atoms with Gasteiger partial charge < -0.3 is 15.6 Å². The topological polar surface area (TPSA) is 120 Å². The number of carbonyl (C=O) groups excluding carboxylic acids is 1. The molecule has 3 unspecified atom stereocenters. The van der Waals surface area contributed by atoms with Crippen molar-refractivity contribution in [2.75, 3.05) is 11.9 Å². The lowest BCUT2D eigenvalue weighted by molar-refractivity contribution is -0.141. The summed E-state index contributed by atoms with van der Waals surface area (Å²) in [7, 11) is 0. The number of amides is 1. The Hall–Kier alpha value is -4.03. The number of fused-ring (bicyclic) bond motifs is 2. The number of hydrogen-bond donors (Lipinski definition) is 5. The quantitative estimate of drug-likeness (QED) is 0.238. The number of halogens is 3. The van der Waals surface area contributed by atoms with E-state index in [9.17, 15) is 18.0 Å². The highest BCUT2D eigenvalue weighted by atomic mass is 19.4. The minimum absolute atomic E-state index is 0.335. The molecule has 2 aliphatic rings. The Morgan fingerprint density at radius 2 is 1.98 bits per heavy atom. The zero-order valence-electron chi connectivity index (χ0n) is 21.7. The monoisotopic (exact) mass is 550 g/mol. The van der Waals surface area contributed by atoms with E-state index >= 15 is 0 Å². The second kappa shape index (κ2) is 10.5. The highest BCUT2D eigenvalue weighted by Crippen LogP contribution is 2.30. The number of hydrazine groups is 1. The molecule has 1 saturated carbocycles. The van der Waals surface area contributed by atoms with Crippen molar-refractivity contribution in [3.63, 3.8) is 0 Å². The number of nitrogens with zero attached hydrogens (tertiary/aromatic N) is 3. The van der Waals surface area contributed by atoms with E-state index in [0.29, 0.717) is 35.1 Å². The molecule has 0 spiro atoms. The normalized spacial score (nSPS) is 21.6. The molecule has 1 aliphatic carbocycles. The summed E-state index contributed by atoms with van der Waals surface area (Å²) in [4.78, 5) is 28.7. The number of aromatic nitrogens is 4. The van der Waals surface area contributed by atoms with Crippen LogP contribution in [0.1, 0.15) is 54.0 Å². The molecule has 4 heterocycles. The van der Waals surface area contributed by atoms with Gasteiger partial charge in [-0.3, -0.25) is 20.6 Å². The SMILES string of the molecule is C[C@@H](NC(=O)c1cc2ccc(-c3nccc(NC4CCC5NNCC5C4)n3)cc2[nH]1)c1ccc(C(F)(F)F)nc1. The maximum atomic E-state index is 12.9. The highest BCUT2D eigenvalue weighted by molar-refractivity contribution is 5.98. The molecular weight excluding hydrogens is 521 g/mol.